The summed E-state index contributed by atoms with van der Waals surface area (Å²) in [7, 11) is 0. The number of nitrogens with one attached hydrogen (secondary N) is 1. The molecule has 2 rings (SSSR count). The van der Waals surface area contributed by atoms with Crippen LogP contribution in [0.25, 0.3) is 0 Å². The number of carbonyl (C=O) groups excluding carboxylic acids is 1. The quantitative estimate of drug-likeness (QED) is 0.794. The smallest absolute Gasteiger partial charge is 0.339 e. The van der Waals surface area contributed by atoms with E-state index in [1.54, 1.807) is 19.2 Å². The molecule has 0 bridgehead atoms. The van der Waals surface area contributed by atoms with Crippen LogP contribution in [0.3, 0.4) is 0 Å². The molecule has 1 heterocycles. The third-order valence-electron chi connectivity index (χ3n) is 3.10. The van der Waals surface area contributed by atoms with Gasteiger partial charge in [-0.15, -0.1) is 0 Å². The van der Waals surface area contributed by atoms with E-state index in [1.807, 2.05) is 6.07 Å². The summed E-state index contributed by atoms with van der Waals surface area (Å²) in [5, 5.41) is 3.27. The maximum atomic E-state index is 11.4. The average molecular weight is 234 g/mol. The maximum absolute atomic E-state index is 11.4. The van der Waals surface area contributed by atoms with Crippen LogP contribution in [0.4, 0.5) is 5.82 Å². The molecule has 1 aromatic heterocycles. The second kappa shape index (κ2) is 5.17. The van der Waals surface area contributed by atoms with Crippen molar-refractivity contribution in [3.63, 3.8) is 0 Å². The predicted molar refractivity (Wildman–Crippen MR) is 66.0 cm³/mol. The van der Waals surface area contributed by atoms with Gasteiger partial charge in [-0.05, 0) is 37.3 Å². The molecule has 4 heteroatoms. The van der Waals surface area contributed by atoms with Crippen molar-refractivity contribution in [3.05, 3.63) is 23.9 Å². The van der Waals surface area contributed by atoms with E-state index in [2.05, 4.69) is 17.2 Å². The minimum Gasteiger partial charge on any atom is -0.462 e. The minimum absolute atomic E-state index is 0.317. The van der Waals surface area contributed by atoms with Crippen LogP contribution in [-0.4, -0.2) is 24.1 Å². The van der Waals surface area contributed by atoms with E-state index in [-0.39, 0.29) is 5.97 Å². The van der Waals surface area contributed by atoms with Crippen LogP contribution in [0.15, 0.2) is 18.3 Å². The number of hydrogen-bond donors (Lipinski definition) is 1. The third-order valence-corrected chi connectivity index (χ3v) is 3.10. The summed E-state index contributed by atoms with van der Waals surface area (Å²) in [6.45, 7) is 5.40. The van der Waals surface area contributed by atoms with Crippen molar-refractivity contribution in [3.8, 4) is 0 Å². The van der Waals surface area contributed by atoms with Gasteiger partial charge in [-0.2, -0.15) is 0 Å². The molecule has 1 aliphatic carbocycles. The SMILES string of the molecule is CCOC(=O)c1ccc(NCC2CC2C)nc1. The van der Waals surface area contributed by atoms with Gasteiger partial charge in [0.25, 0.3) is 0 Å². The molecule has 1 fully saturated rings. The van der Waals surface area contributed by atoms with Gasteiger partial charge < -0.3 is 10.1 Å². The van der Waals surface area contributed by atoms with Gasteiger partial charge in [0.1, 0.15) is 5.82 Å². The number of esters is 1. The fourth-order valence-electron chi connectivity index (χ4n) is 1.75. The molecule has 2 unspecified atom stereocenters. The summed E-state index contributed by atoms with van der Waals surface area (Å²) >= 11 is 0. The molecule has 1 aliphatic rings. The number of hydrogen-bond acceptors (Lipinski definition) is 4. The Balaban J connectivity index is 1.86. The van der Waals surface area contributed by atoms with Crippen molar-refractivity contribution < 1.29 is 9.53 Å². The fourth-order valence-corrected chi connectivity index (χ4v) is 1.75. The van der Waals surface area contributed by atoms with Gasteiger partial charge in [0, 0.05) is 12.7 Å². The number of ether oxygens (including phenoxy) is 1. The molecule has 0 amide bonds. The summed E-state index contributed by atoms with van der Waals surface area (Å²) in [5.74, 6) is 2.11. The minimum atomic E-state index is -0.317. The van der Waals surface area contributed by atoms with Crippen LogP contribution < -0.4 is 5.32 Å². The first-order valence-electron chi connectivity index (χ1n) is 6.07. The molecule has 17 heavy (non-hydrogen) atoms. The number of pyridine rings is 1. The van der Waals surface area contributed by atoms with Crippen molar-refractivity contribution in [2.45, 2.75) is 20.3 Å². The topological polar surface area (TPSA) is 51.2 Å². The molecule has 0 radical (unpaired) electrons. The highest BCUT2D eigenvalue weighted by Crippen LogP contribution is 2.37. The standard InChI is InChI=1S/C13H18N2O2/c1-3-17-13(16)10-4-5-12(14-7-10)15-8-11-6-9(11)2/h4-5,7,9,11H,3,6,8H2,1-2H3,(H,14,15). The average Bonchev–Trinajstić information content (AvgIpc) is 3.04. The Labute approximate surface area is 101 Å². The maximum Gasteiger partial charge on any atom is 0.339 e. The second-order valence-electron chi connectivity index (χ2n) is 4.51. The van der Waals surface area contributed by atoms with Crippen molar-refractivity contribution in [2.75, 3.05) is 18.5 Å². The number of rotatable bonds is 5. The summed E-state index contributed by atoms with van der Waals surface area (Å²) < 4.78 is 4.89. The third kappa shape index (κ3) is 3.19. The lowest BCUT2D eigenvalue weighted by Crippen LogP contribution is -2.08. The highest BCUT2D eigenvalue weighted by atomic mass is 16.5. The van der Waals surface area contributed by atoms with E-state index < -0.39 is 0 Å². The molecule has 2 atom stereocenters. The van der Waals surface area contributed by atoms with Gasteiger partial charge in [-0.1, -0.05) is 6.92 Å². The van der Waals surface area contributed by atoms with E-state index in [4.69, 9.17) is 4.74 Å². The monoisotopic (exact) mass is 234 g/mol. The Bertz CT molecular complexity index is 389. The Morgan fingerprint density at radius 2 is 2.35 bits per heavy atom. The van der Waals surface area contributed by atoms with E-state index in [0.29, 0.717) is 12.2 Å². The van der Waals surface area contributed by atoms with Gasteiger partial charge >= 0.3 is 5.97 Å². The number of carbonyl (C=O) groups is 1. The molecule has 0 aliphatic heterocycles. The van der Waals surface area contributed by atoms with Crippen molar-refractivity contribution in [1.29, 1.82) is 0 Å². The lowest BCUT2D eigenvalue weighted by molar-refractivity contribution is 0.0526. The number of aromatic nitrogens is 1. The summed E-state index contributed by atoms with van der Waals surface area (Å²) in [4.78, 5) is 15.6. The Morgan fingerprint density at radius 1 is 1.59 bits per heavy atom. The van der Waals surface area contributed by atoms with Crippen LogP contribution in [0, 0.1) is 11.8 Å². The Morgan fingerprint density at radius 3 is 2.88 bits per heavy atom. The molecule has 1 N–H and O–H groups in total. The molecule has 92 valence electrons. The highest BCUT2D eigenvalue weighted by Gasteiger charge is 2.31. The summed E-state index contributed by atoms with van der Waals surface area (Å²) in [5.41, 5.74) is 0.497. The molecule has 1 saturated carbocycles. The molecule has 1 aromatic rings. The lowest BCUT2D eigenvalue weighted by atomic mass is 10.3. The van der Waals surface area contributed by atoms with Crippen molar-refractivity contribution >= 4 is 11.8 Å². The van der Waals surface area contributed by atoms with Gasteiger partial charge in [0.2, 0.25) is 0 Å². The summed E-state index contributed by atoms with van der Waals surface area (Å²) in [6, 6.07) is 3.56. The van der Waals surface area contributed by atoms with Crippen molar-refractivity contribution in [2.24, 2.45) is 11.8 Å². The molecule has 0 spiro atoms. The first kappa shape index (κ1) is 11.9. The largest absolute Gasteiger partial charge is 0.462 e. The van der Waals surface area contributed by atoms with Crippen LogP contribution >= 0.6 is 0 Å². The normalized spacial score (nSPS) is 22.0. The predicted octanol–water partition coefficient (Wildman–Crippen LogP) is 2.33. The van der Waals surface area contributed by atoms with Crippen LogP contribution in [-0.2, 0) is 4.74 Å². The van der Waals surface area contributed by atoms with E-state index in [0.717, 1.165) is 24.2 Å². The Hall–Kier alpha value is -1.58. The number of nitrogens with zero attached hydrogens (tertiary/aromatic N) is 1. The van der Waals surface area contributed by atoms with Crippen molar-refractivity contribution in [1.82, 2.24) is 4.98 Å². The molecule has 4 nitrogen and oxygen atoms in total. The van der Waals surface area contributed by atoms with Crippen LogP contribution in [0.1, 0.15) is 30.6 Å². The van der Waals surface area contributed by atoms with Gasteiger partial charge in [0.05, 0.1) is 12.2 Å². The van der Waals surface area contributed by atoms with Gasteiger partial charge in [0.15, 0.2) is 0 Å². The molecular weight excluding hydrogens is 216 g/mol. The molecular formula is C13H18N2O2. The zero-order valence-corrected chi connectivity index (χ0v) is 10.3. The summed E-state index contributed by atoms with van der Waals surface area (Å²) in [6.07, 6.45) is 2.85. The molecule has 0 aromatic carbocycles. The van der Waals surface area contributed by atoms with Gasteiger partial charge in [-0.3, -0.25) is 0 Å². The first-order valence-corrected chi connectivity index (χ1v) is 6.07. The van der Waals surface area contributed by atoms with E-state index in [9.17, 15) is 4.79 Å². The second-order valence-corrected chi connectivity index (χ2v) is 4.51. The van der Waals surface area contributed by atoms with Gasteiger partial charge in [-0.25, -0.2) is 9.78 Å². The van der Waals surface area contributed by atoms with E-state index >= 15 is 0 Å². The zero-order valence-electron chi connectivity index (χ0n) is 10.3. The zero-order chi connectivity index (χ0) is 12.3. The lowest BCUT2D eigenvalue weighted by Gasteiger charge is -2.05. The van der Waals surface area contributed by atoms with Crippen LogP contribution in [0.5, 0.6) is 0 Å². The van der Waals surface area contributed by atoms with E-state index in [1.165, 1.54) is 6.42 Å². The highest BCUT2D eigenvalue weighted by molar-refractivity contribution is 5.89. The Kier molecular flexibility index (Phi) is 3.61. The molecule has 0 saturated heterocycles. The fraction of sp³-hybridized carbons (Fsp3) is 0.538. The van der Waals surface area contributed by atoms with Crippen LogP contribution in [0.2, 0.25) is 0 Å². The first-order chi connectivity index (χ1) is 8.20. The number of anilines is 1.